The Hall–Kier alpha value is -1.15. The van der Waals surface area contributed by atoms with Crippen molar-refractivity contribution in [3.05, 3.63) is 78.2 Å². The molecule has 1 aromatic heterocycles. The molecule has 0 unspecified atom stereocenters. The number of benzene rings is 2. The number of aromatic nitrogens is 1. The van der Waals surface area contributed by atoms with Crippen LogP contribution in [0, 0.1) is 27.9 Å². The average molecular weight is 540 g/mol. The van der Waals surface area contributed by atoms with Crippen molar-refractivity contribution in [3.63, 3.8) is 0 Å². The zero-order valence-electron chi connectivity index (χ0n) is 13.8. The fraction of sp³-hybridized carbons (Fsp3) is 0.150. The van der Waals surface area contributed by atoms with Crippen LogP contribution in [0.1, 0.15) is 22.5 Å². The highest BCUT2D eigenvalue weighted by Gasteiger charge is 2.10. The van der Waals surface area contributed by atoms with Crippen LogP contribution >= 0.6 is 45.2 Å². The van der Waals surface area contributed by atoms with Gasteiger partial charge in [-0.05, 0) is 114 Å². The molecule has 0 aliphatic rings. The molecule has 0 aliphatic heterocycles. The maximum absolute atomic E-state index is 4.63. The van der Waals surface area contributed by atoms with Gasteiger partial charge in [-0.15, -0.1) is 0 Å². The second-order valence-electron chi connectivity index (χ2n) is 5.83. The molecular formula is C20H18I2N2. The molecule has 0 spiro atoms. The topological polar surface area (TPSA) is 17.3 Å². The summed E-state index contributed by atoms with van der Waals surface area (Å²) < 4.78 is 4.78. The first kappa shape index (κ1) is 17.7. The number of aryl methyl sites for hydroxylation is 2. The first-order valence-corrected chi connectivity index (χ1v) is 9.86. The van der Waals surface area contributed by atoms with E-state index in [4.69, 9.17) is 0 Å². The summed E-state index contributed by atoms with van der Waals surface area (Å²) in [5.74, 6) is 0. The van der Waals surface area contributed by atoms with Gasteiger partial charge in [-0.25, -0.2) is 0 Å². The van der Waals surface area contributed by atoms with Gasteiger partial charge in [0.1, 0.15) is 0 Å². The Morgan fingerprint density at radius 1 is 0.958 bits per heavy atom. The Kier molecular flexibility index (Phi) is 5.44. The van der Waals surface area contributed by atoms with E-state index in [1.54, 1.807) is 0 Å². The average Bonchev–Trinajstić information content (AvgIpc) is 2.82. The van der Waals surface area contributed by atoms with Crippen molar-refractivity contribution in [1.29, 1.82) is 0 Å². The molecule has 0 atom stereocenters. The molecule has 0 radical (unpaired) electrons. The maximum atomic E-state index is 4.63. The number of rotatable bonds is 3. The lowest BCUT2D eigenvalue weighted by Gasteiger charge is -2.11. The molecule has 3 rings (SSSR count). The zero-order valence-corrected chi connectivity index (χ0v) is 18.2. The lowest BCUT2D eigenvalue weighted by molar-refractivity contribution is 0.962. The SMILES string of the molecule is Cc1cc(-n2c(C)cc(C=Nc3cccc(I)c3)c2C)ccc1I. The van der Waals surface area contributed by atoms with Crippen molar-refractivity contribution in [2.75, 3.05) is 0 Å². The van der Waals surface area contributed by atoms with Crippen molar-refractivity contribution in [3.8, 4) is 5.69 Å². The van der Waals surface area contributed by atoms with Crippen molar-refractivity contribution >= 4 is 57.1 Å². The number of aliphatic imine (C=N–C) groups is 1. The van der Waals surface area contributed by atoms with Gasteiger partial charge < -0.3 is 4.57 Å². The van der Waals surface area contributed by atoms with Crippen LogP contribution in [0.2, 0.25) is 0 Å². The molecule has 0 saturated heterocycles. The number of hydrogen-bond acceptors (Lipinski definition) is 1. The third-order valence-corrected chi connectivity index (χ3v) is 5.91. The number of halogens is 2. The molecule has 0 N–H and O–H groups in total. The Bertz CT molecular complexity index is 923. The minimum absolute atomic E-state index is 0.983. The first-order chi connectivity index (χ1) is 11.5. The normalized spacial score (nSPS) is 11.4. The van der Waals surface area contributed by atoms with E-state index in [0.29, 0.717) is 0 Å². The van der Waals surface area contributed by atoms with E-state index >= 15 is 0 Å². The van der Waals surface area contributed by atoms with Gasteiger partial charge in [-0.2, -0.15) is 0 Å². The van der Waals surface area contributed by atoms with E-state index in [1.807, 2.05) is 18.3 Å². The monoisotopic (exact) mass is 540 g/mol. The summed E-state index contributed by atoms with van der Waals surface area (Å²) >= 11 is 4.68. The standard InChI is InChI=1S/C20H18I2N2/c1-13-9-19(7-8-20(13)22)24-14(2)10-16(15(24)3)12-23-18-6-4-5-17(21)11-18/h4-12H,1-3H3. The molecule has 1 heterocycles. The predicted molar refractivity (Wildman–Crippen MR) is 119 cm³/mol. The van der Waals surface area contributed by atoms with Crippen LogP contribution in [0.5, 0.6) is 0 Å². The Balaban J connectivity index is 1.98. The predicted octanol–water partition coefficient (Wildman–Crippen LogP) is 6.36. The van der Waals surface area contributed by atoms with Crippen LogP contribution < -0.4 is 0 Å². The van der Waals surface area contributed by atoms with Gasteiger partial charge in [0, 0.05) is 36.0 Å². The molecule has 3 aromatic rings. The summed E-state index contributed by atoms with van der Waals surface area (Å²) in [5.41, 5.74) is 7.07. The van der Waals surface area contributed by atoms with Crippen LogP contribution in [0.3, 0.4) is 0 Å². The lowest BCUT2D eigenvalue weighted by atomic mass is 10.2. The minimum atomic E-state index is 0.983. The van der Waals surface area contributed by atoms with Crippen molar-refractivity contribution in [1.82, 2.24) is 4.57 Å². The van der Waals surface area contributed by atoms with Gasteiger partial charge in [0.15, 0.2) is 0 Å². The second kappa shape index (κ2) is 7.39. The van der Waals surface area contributed by atoms with Gasteiger partial charge in [0.25, 0.3) is 0 Å². The fourth-order valence-corrected chi connectivity index (χ4v) is 3.65. The zero-order chi connectivity index (χ0) is 17.3. The Morgan fingerprint density at radius 2 is 1.75 bits per heavy atom. The minimum Gasteiger partial charge on any atom is -0.318 e. The van der Waals surface area contributed by atoms with E-state index in [9.17, 15) is 0 Å². The molecule has 0 bridgehead atoms. The molecule has 122 valence electrons. The van der Waals surface area contributed by atoms with Crippen molar-refractivity contribution in [2.24, 2.45) is 4.99 Å². The molecule has 0 amide bonds. The van der Waals surface area contributed by atoms with E-state index in [0.717, 1.165) is 11.3 Å². The van der Waals surface area contributed by atoms with Gasteiger partial charge in [-0.3, -0.25) is 4.99 Å². The highest BCUT2D eigenvalue weighted by atomic mass is 127. The van der Waals surface area contributed by atoms with E-state index in [2.05, 4.69) is 112 Å². The van der Waals surface area contributed by atoms with E-state index in [1.165, 1.54) is 29.8 Å². The van der Waals surface area contributed by atoms with Gasteiger partial charge in [-0.1, -0.05) is 6.07 Å². The van der Waals surface area contributed by atoms with Gasteiger partial charge >= 0.3 is 0 Å². The molecule has 0 fully saturated rings. The van der Waals surface area contributed by atoms with Crippen LogP contribution in [0.4, 0.5) is 5.69 Å². The van der Waals surface area contributed by atoms with Crippen LogP contribution in [0.25, 0.3) is 5.69 Å². The molecule has 2 nitrogen and oxygen atoms in total. The quantitative estimate of drug-likeness (QED) is 0.272. The van der Waals surface area contributed by atoms with Gasteiger partial charge in [0.05, 0.1) is 5.69 Å². The van der Waals surface area contributed by atoms with Crippen molar-refractivity contribution < 1.29 is 0 Å². The summed E-state index contributed by atoms with van der Waals surface area (Å²) in [5, 5.41) is 0. The number of hydrogen-bond donors (Lipinski definition) is 0. The number of nitrogens with zero attached hydrogens (tertiary/aromatic N) is 2. The second-order valence-corrected chi connectivity index (χ2v) is 8.24. The van der Waals surface area contributed by atoms with E-state index in [-0.39, 0.29) is 0 Å². The molecule has 0 saturated carbocycles. The highest BCUT2D eigenvalue weighted by molar-refractivity contribution is 14.1. The summed E-state index contributed by atoms with van der Waals surface area (Å²) in [6.45, 7) is 6.44. The van der Waals surface area contributed by atoms with Gasteiger partial charge in [0.2, 0.25) is 0 Å². The lowest BCUT2D eigenvalue weighted by Crippen LogP contribution is -2.00. The molecular weight excluding hydrogens is 522 g/mol. The van der Waals surface area contributed by atoms with Crippen LogP contribution in [-0.4, -0.2) is 10.8 Å². The van der Waals surface area contributed by atoms with Crippen LogP contribution in [-0.2, 0) is 0 Å². The van der Waals surface area contributed by atoms with Crippen LogP contribution in [0.15, 0.2) is 53.5 Å². The third kappa shape index (κ3) is 3.74. The van der Waals surface area contributed by atoms with Crippen molar-refractivity contribution in [2.45, 2.75) is 20.8 Å². The molecule has 24 heavy (non-hydrogen) atoms. The molecule has 0 aliphatic carbocycles. The third-order valence-electron chi connectivity index (χ3n) is 4.03. The molecule has 4 heteroatoms. The first-order valence-electron chi connectivity index (χ1n) is 7.71. The smallest absolute Gasteiger partial charge is 0.0640 e. The Morgan fingerprint density at radius 3 is 2.46 bits per heavy atom. The maximum Gasteiger partial charge on any atom is 0.0640 e. The summed E-state index contributed by atoms with van der Waals surface area (Å²) in [6, 6.07) is 17.0. The summed E-state index contributed by atoms with van der Waals surface area (Å²) in [7, 11) is 0. The van der Waals surface area contributed by atoms with E-state index < -0.39 is 0 Å². The molecule has 2 aromatic carbocycles. The highest BCUT2D eigenvalue weighted by Crippen LogP contribution is 2.23. The summed E-state index contributed by atoms with van der Waals surface area (Å²) in [6.07, 6.45) is 1.96. The fourth-order valence-electron chi connectivity index (χ4n) is 2.78. The summed E-state index contributed by atoms with van der Waals surface area (Å²) in [4.78, 5) is 4.63. The Labute approximate surface area is 170 Å². The largest absolute Gasteiger partial charge is 0.318 e.